The molecule has 1 N–H and O–H groups in total. The lowest BCUT2D eigenvalue weighted by molar-refractivity contribution is 0.251. The number of amides is 1. The second kappa shape index (κ2) is 5.05. The molecule has 0 aliphatic rings. The lowest BCUT2D eigenvalue weighted by Crippen LogP contribution is -2.21. The summed E-state index contributed by atoms with van der Waals surface area (Å²) >= 11 is 3.16. The van der Waals surface area contributed by atoms with Gasteiger partial charge in [-0.25, -0.2) is 9.18 Å². The molecular weight excluding hydrogens is 325 g/mol. The van der Waals surface area contributed by atoms with Crippen molar-refractivity contribution in [3.05, 3.63) is 59.0 Å². The molecule has 4 nitrogen and oxygen atoms in total. The second-order valence-corrected chi connectivity index (χ2v) is 5.09. The van der Waals surface area contributed by atoms with Crippen molar-refractivity contribution in [2.24, 2.45) is 0 Å². The van der Waals surface area contributed by atoms with Crippen LogP contribution in [0, 0.1) is 5.82 Å². The number of benzene rings is 2. The summed E-state index contributed by atoms with van der Waals surface area (Å²) in [5.74, 6) is -0.510. The Morgan fingerprint density at radius 1 is 1.25 bits per heavy atom. The van der Waals surface area contributed by atoms with Crippen LogP contribution in [0.2, 0.25) is 0 Å². The Morgan fingerprint density at radius 2 is 2.05 bits per heavy atom. The molecule has 1 heterocycles. The maximum atomic E-state index is 13.7. The van der Waals surface area contributed by atoms with Crippen LogP contribution in [0.15, 0.2) is 53.1 Å². The van der Waals surface area contributed by atoms with E-state index in [0.717, 1.165) is 5.39 Å². The molecule has 2 aromatic carbocycles. The Bertz CT molecular complexity index is 800. The van der Waals surface area contributed by atoms with Crippen molar-refractivity contribution in [3.8, 4) is 0 Å². The van der Waals surface area contributed by atoms with Gasteiger partial charge in [-0.3, -0.25) is 0 Å². The SMILES string of the molecule is O=C(Nc1ccc(Br)cc1F)n1ncc2ccccc21. The third-order valence-corrected chi connectivity index (χ3v) is 3.34. The van der Waals surface area contributed by atoms with E-state index in [-0.39, 0.29) is 5.69 Å². The van der Waals surface area contributed by atoms with Crippen LogP contribution in [0.25, 0.3) is 10.9 Å². The number of halogens is 2. The fourth-order valence-electron chi connectivity index (χ4n) is 1.89. The number of carbonyl (C=O) groups excluding carboxylic acids is 1. The Morgan fingerprint density at radius 3 is 2.85 bits per heavy atom. The van der Waals surface area contributed by atoms with E-state index in [1.807, 2.05) is 18.2 Å². The largest absolute Gasteiger partial charge is 0.347 e. The van der Waals surface area contributed by atoms with E-state index < -0.39 is 11.8 Å². The summed E-state index contributed by atoms with van der Waals surface area (Å²) in [4.78, 5) is 12.1. The molecule has 0 bridgehead atoms. The van der Waals surface area contributed by atoms with Gasteiger partial charge in [0.2, 0.25) is 0 Å². The molecule has 100 valence electrons. The van der Waals surface area contributed by atoms with Gasteiger partial charge in [-0.2, -0.15) is 9.78 Å². The molecule has 6 heteroatoms. The van der Waals surface area contributed by atoms with Gasteiger partial charge in [0.15, 0.2) is 0 Å². The summed E-state index contributed by atoms with van der Waals surface area (Å²) in [5.41, 5.74) is 0.778. The minimum atomic E-state index is -0.510. The number of aromatic nitrogens is 2. The molecule has 0 saturated heterocycles. The average molecular weight is 334 g/mol. The van der Waals surface area contributed by atoms with Crippen LogP contribution in [0.5, 0.6) is 0 Å². The lowest BCUT2D eigenvalue weighted by atomic mass is 10.3. The van der Waals surface area contributed by atoms with Crippen LogP contribution in [0.4, 0.5) is 14.9 Å². The molecule has 0 atom stereocenters. The van der Waals surface area contributed by atoms with E-state index in [4.69, 9.17) is 0 Å². The molecule has 0 unspecified atom stereocenters. The predicted octanol–water partition coefficient (Wildman–Crippen LogP) is 4.02. The van der Waals surface area contributed by atoms with Crippen LogP contribution in [0.1, 0.15) is 0 Å². The van der Waals surface area contributed by atoms with Crippen molar-refractivity contribution in [2.75, 3.05) is 5.32 Å². The Kier molecular flexibility index (Phi) is 3.23. The highest BCUT2D eigenvalue weighted by Gasteiger charge is 2.12. The van der Waals surface area contributed by atoms with Crippen molar-refractivity contribution in [1.29, 1.82) is 0 Å². The van der Waals surface area contributed by atoms with Gasteiger partial charge in [0.25, 0.3) is 0 Å². The van der Waals surface area contributed by atoms with E-state index in [1.54, 1.807) is 18.3 Å². The molecular formula is C14H9BrFN3O. The number of carbonyl (C=O) groups is 1. The summed E-state index contributed by atoms with van der Waals surface area (Å²) in [6.07, 6.45) is 1.59. The summed E-state index contributed by atoms with van der Waals surface area (Å²) < 4.78 is 15.5. The van der Waals surface area contributed by atoms with Crippen LogP contribution < -0.4 is 5.32 Å². The molecule has 0 aliphatic heterocycles. The normalized spacial score (nSPS) is 10.7. The number of para-hydroxylation sites is 1. The first-order valence-electron chi connectivity index (χ1n) is 5.84. The number of anilines is 1. The van der Waals surface area contributed by atoms with Gasteiger partial charge in [-0.1, -0.05) is 34.1 Å². The molecule has 0 saturated carbocycles. The highest BCUT2D eigenvalue weighted by atomic mass is 79.9. The monoisotopic (exact) mass is 333 g/mol. The fourth-order valence-corrected chi connectivity index (χ4v) is 2.23. The third-order valence-electron chi connectivity index (χ3n) is 2.84. The summed E-state index contributed by atoms with van der Waals surface area (Å²) in [7, 11) is 0. The molecule has 0 fully saturated rings. The highest BCUT2D eigenvalue weighted by molar-refractivity contribution is 9.10. The molecule has 0 aliphatic carbocycles. The number of fused-ring (bicyclic) bond motifs is 1. The quantitative estimate of drug-likeness (QED) is 0.731. The van der Waals surface area contributed by atoms with Gasteiger partial charge in [-0.15, -0.1) is 0 Å². The van der Waals surface area contributed by atoms with E-state index in [9.17, 15) is 9.18 Å². The first-order chi connectivity index (χ1) is 9.65. The van der Waals surface area contributed by atoms with E-state index in [2.05, 4.69) is 26.3 Å². The molecule has 1 aromatic heterocycles. The van der Waals surface area contributed by atoms with Gasteiger partial charge < -0.3 is 5.32 Å². The zero-order valence-corrected chi connectivity index (χ0v) is 11.8. The summed E-state index contributed by atoms with van der Waals surface area (Å²) in [6.45, 7) is 0. The lowest BCUT2D eigenvalue weighted by Gasteiger charge is -2.07. The van der Waals surface area contributed by atoms with E-state index >= 15 is 0 Å². The second-order valence-electron chi connectivity index (χ2n) is 4.17. The predicted molar refractivity (Wildman–Crippen MR) is 78.2 cm³/mol. The minimum absolute atomic E-state index is 0.109. The molecule has 3 rings (SSSR count). The van der Waals surface area contributed by atoms with Crippen LogP contribution in [0.3, 0.4) is 0 Å². The van der Waals surface area contributed by atoms with Gasteiger partial charge in [0.1, 0.15) is 5.82 Å². The zero-order chi connectivity index (χ0) is 14.1. The summed E-state index contributed by atoms with van der Waals surface area (Å²) in [5, 5.41) is 7.36. The number of hydrogen-bond donors (Lipinski definition) is 1. The Hall–Kier alpha value is -2.21. The van der Waals surface area contributed by atoms with Gasteiger partial charge in [0, 0.05) is 9.86 Å². The molecule has 20 heavy (non-hydrogen) atoms. The van der Waals surface area contributed by atoms with Crippen molar-refractivity contribution in [2.45, 2.75) is 0 Å². The fraction of sp³-hybridized carbons (Fsp3) is 0. The maximum Gasteiger partial charge on any atom is 0.347 e. The van der Waals surface area contributed by atoms with Crippen LogP contribution in [-0.4, -0.2) is 15.8 Å². The van der Waals surface area contributed by atoms with Crippen molar-refractivity contribution in [3.63, 3.8) is 0 Å². The van der Waals surface area contributed by atoms with Crippen molar-refractivity contribution in [1.82, 2.24) is 9.78 Å². The number of hydrogen-bond acceptors (Lipinski definition) is 2. The smallest absolute Gasteiger partial charge is 0.303 e. The van der Waals surface area contributed by atoms with E-state index in [1.165, 1.54) is 16.8 Å². The molecule has 0 radical (unpaired) electrons. The van der Waals surface area contributed by atoms with Gasteiger partial charge in [0.05, 0.1) is 17.4 Å². The van der Waals surface area contributed by atoms with Crippen molar-refractivity contribution < 1.29 is 9.18 Å². The Balaban J connectivity index is 1.93. The van der Waals surface area contributed by atoms with Gasteiger partial charge >= 0.3 is 6.03 Å². The van der Waals surface area contributed by atoms with Crippen LogP contribution >= 0.6 is 15.9 Å². The average Bonchev–Trinajstić information content (AvgIpc) is 2.86. The van der Waals surface area contributed by atoms with Crippen molar-refractivity contribution >= 4 is 38.6 Å². The minimum Gasteiger partial charge on any atom is -0.303 e. The van der Waals surface area contributed by atoms with E-state index in [0.29, 0.717) is 9.99 Å². The van der Waals surface area contributed by atoms with Gasteiger partial charge in [-0.05, 0) is 24.3 Å². The summed E-state index contributed by atoms with van der Waals surface area (Å²) in [6, 6.07) is 11.2. The zero-order valence-electron chi connectivity index (χ0n) is 10.2. The molecule has 0 spiro atoms. The maximum absolute atomic E-state index is 13.7. The number of nitrogens with zero attached hydrogens (tertiary/aromatic N) is 2. The highest BCUT2D eigenvalue weighted by Crippen LogP contribution is 2.20. The first-order valence-corrected chi connectivity index (χ1v) is 6.63. The number of rotatable bonds is 1. The Labute approximate surface area is 122 Å². The molecule has 1 amide bonds. The third kappa shape index (κ3) is 2.30. The first kappa shape index (κ1) is 12.8. The topological polar surface area (TPSA) is 46.9 Å². The van der Waals surface area contributed by atoms with Crippen LogP contribution in [-0.2, 0) is 0 Å². The molecule has 3 aromatic rings. The number of nitrogens with one attached hydrogen (secondary N) is 1. The standard InChI is InChI=1S/C14H9BrFN3O/c15-10-5-6-12(11(16)7-10)18-14(20)19-13-4-2-1-3-9(13)8-17-19/h1-8H,(H,18,20).